The van der Waals surface area contributed by atoms with Crippen molar-refractivity contribution in [2.75, 3.05) is 40.3 Å². The molecular formula is C30H31ClN6O3. The smallest absolute Gasteiger partial charge is 0.254 e. The first-order chi connectivity index (χ1) is 19.4. The van der Waals surface area contributed by atoms with Crippen LogP contribution in [0.4, 0.5) is 0 Å². The van der Waals surface area contributed by atoms with Crippen LogP contribution in [0.5, 0.6) is 5.88 Å². The lowest BCUT2D eigenvalue weighted by molar-refractivity contribution is 0.0671. The average Bonchev–Trinajstić information content (AvgIpc) is 2.97. The molecule has 0 bridgehead atoms. The van der Waals surface area contributed by atoms with Gasteiger partial charge in [0, 0.05) is 61.8 Å². The summed E-state index contributed by atoms with van der Waals surface area (Å²) in [6.45, 7) is 2.22. The van der Waals surface area contributed by atoms with Crippen molar-refractivity contribution in [3.8, 4) is 5.88 Å². The number of halogens is 1. The zero-order valence-corrected chi connectivity index (χ0v) is 23.2. The van der Waals surface area contributed by atoms with Crippen molar-refractivity contribution >= 4 is 34.4 Å². The Morgan fingerprint density at radius 1 is 1.05 bits per heavy atom. The number of hydrogen-bond acceptors (Lipinski definition) is 7. The molecule has 4 aromatic rings. The molecule has 2 aromatic carbocycles. The fraction of sp³-hybridized carbons (Fsp3) is 0.300. The number of carbonyl (C=O) groups excluding carboxylic acids is 2. The number of aromatic nitrogens is 3. The number of nitrogens with one attached hydrogen (secondary N) is 1. The summed E-state index contributed by atoms with van der Waals surface area (Å²) in [5.74, 6) is 0.0412. The Morgan fingerprint density at radius 2 is 1.85 bits per heavy atom. The molecule has 3 heterocycles. The fourth-order valence-corrected chi connectivity index (χ4v) is 5.13. The van der Waals surface area contributed by atoms with E-state index in [0.29, 0.717) is 59.2 Å². The van der Waals surface area contributed by atoms with Gasteiger partial charge in [-0.2, -0.15) is 0 Å². The number of likely N-dealkylation sites (tertiary alicyclic amines) is 1. The summed E-state index contributed by atoms with van der Waals surface area (Å²) in [5, 5.41) is 3.58. The second-order valence-corrected chi connectivity index (χ2v) is 10.5. The van der Waals surface area contributed by atoms with E-state index in [1.54, 1.807) is 36.7 Å². The van der Waals surface area contributed by atoms with Crippen LogP contribution in [-0.2, 0) is 0 Å². The molecule has 0 saturated carbocycles. The quantitative estimate of drug-likeness (QED) is 0.348. The van der Waals surface area contributed by atoms with Gasteiger partial charge in [0.05, 0.1) is 16.1 Å². The van der Waals surface area contributed by atoms with E-state index < -0.39 is 0 Å². The van der Waals surface area contributed by atoms with Crippen LogP contribution in [0, 0.1) is 0 Å². The van der Waals surface area contributed by atoms with Crippen molar-refractivity contribution in [1.82, 2.24) is 30.1 Å². The molecule has 9 nitrogen and oxygen atoms in total. The zero-order valence-electron chi connectivity index (χ0n) is 22.5. The molecule has 0 unspecified atom stereocenters. The number of likely N-dealkylation sites (N-methyl/N-ethyl adjacent to an activating group) is 1. The van der Waals surface area contributed by atoms with E-state index in [1.807, 2.05) is 54.2 Å². The lowest BCUT2D eigenvalue weighted by Crippen LogP contribution is -2.51. The van der Waals surface area contributed by atoms with Crippen LogP contribution in [-0.4, -0.2) is 82.9 Å². The average molecular weight is 559 g/mol. The van der Waals surface area contributed by atoms with Crippen LogP contribution in [0.1, 0.15) is 38.6 Å². The van der Waals surface area contributed by atoms with Gasteiger partial charge in [-0.15, -0.1) is 0 Å². The third-order valence-electron chi connectivity index (χ3n) is 7.01. The molecule has 1 aliphatic heterocycles. The van der Waals surface area contributed by atoms with Gasteiger partial charge >= 0.3 is 0 Å². The van der Waals surface area contributed by atoms with E-state index in [2.05, 4.69) is 20.3 Å². The largest absolute Gasteiger partial charge is 0.476 e. The maximum Gasteiger partial charge on any atom is 0.254 e. The molecule has 1 aliphatic rings. The van der Waals surface area contributed by atoms with E-state index in [1.165, 1.54) is 6.20 Å². The summed E-state index contributed by atoms with van der Waals surface area (Å²) >= 11 is 6.42. The van der Waals surface area contributed by atoms with E-state index in [4.69, 9.17) is 16.3 Å². The Hall–Kier alpha value is -4.08. The minimum atomic E-state index is -0.210. The van der Waals surface area contributed by atoms with Crippen LogP contribution in [0.25, 0.3) is 11.0 Å². The number of hydrogen-bond donors (Lipinski definition) is 1. The third kappa shape index (κ3) is 6.38. The van der Waals surface area contributed by atoms with Crippen LogP contribution in [0.15, 0.2) is 73.2 Å². The number of pyridine rings is 1. The second-order valence-electron chi connectivity index (χ2n) is 10.1. The molecule has 1 fully saturated rings. The molecule has 2 atom stereocenters. The van der Waals surface area contributed by atoms with Crippen LogP contribution in [0.2, 0.25) is 5.02 Å². The number of fused-ring (bicyclic) bond motifs is 1. The minimum absolute atomic E-state index is 0.0971. The fourth-order valence-electron chi connectivity index (χ4n) is 4.87. The van der Waals surface area contributed by atoms with Crippen molar-refractivity contribution < 1.29 is 14.3 Å². The minimum Gasteiger partial charge on any atom is -0.476 e. The van der Waals surface area contributed by atoms with E-state index in [9.17, 15) is 9.59 Å². The first kappa shape index (κ1) is 27.5. The third-order valence-corrected chi connectivity index (χ3v) is 7.29. The Labute approximate surface area is 238 Å². The molecule has 1 saturated heterocycles. The second kappa shape index (κ2) is 12.4. The molecule has 5 rings (SSSR count). The Kier molecular flexibility index (Phi) is 8.52. The number of ether oxygens (including phenoxy) is 1. The molecule has 0 radical (unpaired) electrons. The van der Waals surface area contributed by atoms with Crippen molar-refractivity contribution in [2.24, 2.45) is 0 Å². The van der Waals surface area contributed by atoms with Gasteiger partial charge in [0.25, 0.3) is 11.8 Å². The van der Waals surface area contributed by atoms with Crippen LogP contribution < -0.4 is 10.1 Å². The van der Waals surface area contributed by atoms with Crippen molar-refractivity contribution in [2.45, 2.75) is 18.4 Å². The molecule has 40 heavy (non-hydrogen) atoms. The van der Waals surface area contributed by atoms with Gasteiger partial charge in [-0.3, -0.25) is 19.6 Å². The van der Waals surface area contributed by atoms with Crippen molar-refractivity contribution in [3.05, 3.63) is 94.9 Å². The van der Waals surface area contributed by atoms with Crippen molar-refractivity contribution in [3.63, 3.8) is 0 Å². The van der Waals surface area contributed by atoms with Gasteiger partial charge in [-0.05, 0) is 44.3 Å². The monoisotopic (exact) mass is 558 g/mol. The van der Waals surface area contributed by atoms with Crippen LogP contribution in [0.3, 0.4) is 0 Å². The highest BCUT2D eigenvalue weighted by Gasteiger charge is 2.34. The number of piperidine rings is 1. The first-order valence-corrected chi connectivity index (χ1v) is 13.6. The van der Waals surface area contributed by atoms with Gasteiger partial charge < -0.3 is 19.9 Å². The number of carbonyl (C=O) groups is 2. The maximum atomic E-state index is 13.6. The lowest BCUT2D eigenvalue weighted by atomic mass is 9.85. The summed E-state index contributed by atoms with van der Waals surface area (Å²) in [6.07, 6.45) is 5.28. The standard InChI is InChI=1S/C30H31ClN6O3/c1-36(2)14-15-40-27-9-8-21(18-34-27)29(38)35-25-10-13-37(19-23(25)20-6-4-3-5-7-20)30(39)22-16-24(31)28-26(17-22)32-11-12-33-28/h3-9,11-12,16-18,23,25H,10,13-15,19H2,1-2H3,(H,35,38)/t23-,25-/m1/s1. The highest BCUT2D eigenvalue weighted by Crippen LogP contribution is 2.30. The van der Waals surface area contributed by atoms with E-state index in [-0.39, 0.29) is 23.8 Å². The normalized spacial score (nSPS) is 17.1. The van der Waals surface area contributed by atoms with Gasteiger partial charge in [-0.25, -0.2) is 4.98 Å². The first-order valence-electron chi connectivity index (χ1n) is 13.2. The molecule has 10 heteroatoms. The van der Waals surface area contributed by atoms with Gasteiger partial charge in [0.15, 0.2) is 0 Å². The molecular weight excluding hydrogens is 528 g/mol. The van der Waals surface area contributed by atoms with Crippen molar-refractivity contribution in [1.29, 1.82) is 0 Å². The Balaban J connectivity index is 1.30. The zero-order chi connectivity index (χ0) is 28.1. The number of nitrogens with zero attached hydrogens (tertiary/aromatic N) is 5. The number of benzene rings is 2. The molecule has 206 valence electrons. The number of rotatable bonds is 8. The summed E-state index contributed by atoms with van der Waals surface area (Å²) in [6, 6.07) is 16.6. The van der Waals surface area contributed by atoms with E-state index >= 15 is 0 Å². The van der Waals surface area contributed by atoms with Crippen LogP contribution >= 0.6 is 11.6 Å². The highest BCUT2D eigenvalue weighted by molar-refractivity contribution is 6.35. The summed E-state index contributed by atoms with van der Waals surface area (Å²) in [4.78, 5) is 43.5. The summed E-state index contributed by atoms with van der Waals surface area (Å²) in [5.41, 5.74) is 3.11. The van der Waals surface area contributed by atoms with E-state index in [0.717, 1.165) is 12.1 Å². The Bertz CT molecular complexity index is 1480. The molecule has 2 amide bonds. The molecule has 1 N–H and O–H groups in total. The van der Waals surface area contributed by atoms with Gasteiger partial charge in [-0.1, -0.05) is 41.9 Å². The maximum absolute atomic E-state index is 13.6. The topological polar surface area (TPSA) is 101 Å². The molecule has 0 spiro atoms. The SMILES string of the molecule is CN(C)CCOc1ccc(C(=O)N[C@@H]2CCN(C(=O)c3cc(Cl)c4nccnc4c3)C[C@@H]2c2ccccc2)cn1. The predicted molar refractivity (Wildman–Crippen MR) is 154 cm³/mol. The van der Waals surface area contributed by atoms with Gasteiger partial charge in [0.2, 0.25) is 5.88 Å². The van der Waals surface area contributed by atoms with Gasteiger partial charge in [0.1, 0.15) is 12.1 Å². The highest BCUT2D eigenvalue weighted by atomic mass is 35.5. The molecule has 0 aliphatic carbocycles. The predicted octanol–water partition coefficient (Wildman–Crippen LogP) is 4.05. The Morgan fingerprint density at radius 3 is 2.60 bits per heavy atom. The summed E-state index contributed by atoms with van der Waals surface area (Å²) < 4.78 is 5.64. The number of amides is 2. The lowest BCUT2D eigenvalue weighted by Gasteiger charge is -2.39. The summed E-state index contributed by atoms with van der Waals surface area (Å²) in [7, 11) is 3.95. The molecule has 2 aromatic heterocycles.